The van der Waals surface area contributed by atoms with Gasteiger partial charge in [0.25, 0.3) is 0 Å². The SMILES string of the molecule is CC(C)C(NC(=O)NCc1ccccc1)C(=O)N1CCCN(c2ccc(C#N)cc2)CC1. The van der Waals surface area contributed by atoms with Gasteiger partial charge in [-0.05, 0) is 42.2 Å². The lowest BCUT2D eigenvalue weighted by atomic mass is 10.0. The van der Waals surface area contributed by atoms with Gasteiger partial charge in [-0.3, -0.25) is 4.79 Å². The van der Waals surface area contributed by atoms with E-state index in [4.69, 9.17) is 5.26 Å². The predicted molar refractivity (Wildman–Crippen MR) is 125 cm³/mol. The van der Waals surface area contributed by atoms with Gasteiger partial charge in [0.15, 0.2) is 0 Å². The quantitative estimate of drug-likeness (QED) is 0.733. The lowest BCUT2D eigenvalue weighted by molar-refractivity contribution is -0.134. The molecule has 1 unspecified atom stereocenters. The summed E-state index contributed by atoms with van der Waals surface area (Å²) in [6.45, 7) is 7.10. The van der Waals surface area contributed by atoms with Gasteiger partial charge in [0.05, 0.1) is 11.6 Å². The Balaban J connectivity index is 1.56. The summed E-state index contributed by atoms with van der Waals surface area (Å²) in [5.41, 5.74) is 2.69. The van der Waals surface area contributed by atoms with Gasteiger partial charge >= 0.3 is 6.03 Å². The fourth-order valence-electron chi connectivity index (χ4n) is 3.82. The third kappa shape index (κ3) is 6.24. The van der Waals surface area contributed by atoms with Crippen molar-refractivity contribution < 1.29 is 9.59 Å². The Morgan fingerprint density at radius 2 is 1.72 bits per heavy atom. The van der Waals surface area contributed by atoms with Gasteiger partial charge in [-0.15, -0.1) is 0 Å². The van der Waals surface area contributed by atoms with Crippen molar-refractivity contribution in [2.75, 3.05) is 31.1 Å². The van der Waals surface area contributed by atoms with Crippen LogP contribution < -0.4 is 15.5 Å². The summed E-state index contributed by atoms with van der Waals surface area (Å²) in [5, 5.41) is 14.7. The third-order valence-electron chi connectivity index (χ3n) is 5.68. The molecule has 1 fully saturated rings. The van der Waals surface area contributed by atoms with Crippen LogP contribution in [-0.2, 0) is 11.3 Å². The van der Waals surface area contributed by atoms with Crippen LogP contribution in [0.3, 0.4) is 0 Å². The number of rotatable bonds is 6. The minimum atomic E-state index is -0.577. The number of hydrogen-bond acceptors (Lipinski definition) is 4. The minimum absolute atomic E-state index is 0.0251. The van der Waals surface area contributed by atoms with Gasteiger partial charge in [0, 0.05) is 38.4 Å². The molecule has 0 aromatic heterocycles. The first-order chi connectivity index (χ1) is 15.5. The first kappa shape index (κ1) is 23.1. The van der Waals surface area contributed by atoms with Crippen molar-refractivity contribution in [3.63, 3.8) is 0 Å². The molecule has 1 saturated heterocycles. The van der Waals surface area contributed by atoms with E-state index in [1.54, 1.807) is 0 Å². The molecule has 3 amide bonds. The minimum Gasteiger partial charge on any atom is -0.370 e. The van der Waals surface area contributed by atoms with Crippen molar-refractivity contribution in [2.24, 2.45) is 5.92 Å². The van der Waals surface area contributed by atoms with Gasteiger partial charge < -0.3 is 20.4 Å². The summed E-state index contributed by atoms with van der Waals surface area (Å²) in [5.74, 6) is -0.0700. The summed E-state index contributed by atoms with van der Waals surface area (Å²) >= 11 is 0. The van der Waals surface area contributed by atoms with E-state index >= 15 is 0 Å². The van der Waals surface area contributed by atoms with E-state index in [0.717, 1.165) is 24.2 Å². The molecule has 1 aliphatic rings. The molecule has 2 aromatic rings. The van der Waals surface area contributed by atoms with E-state index in [1.165, 1.54) is 0 Å². The number of amides is 3. The molecule has 0 radical (unpaired) electrons. The van der Waals surface area contributed by atoms with Crippen LogP contribution in [0, 0.1) is 17.2 Å². The molecule has 7 heteroatoms. The molecule has 0 bridgehead atoms. The third-order valence-corrected chi connectivity index (χ3v) is 5.68. The van der Waals surface area contributed by atoms with Crippen molar-refractivity contribution in [3.8, 4) is 6.07 Å². The lowest BCUT2D eigenvalue weighted by Crippen LogP contribution is -2.54. The van der Waals surface area contributed by atoms with Crippen LogP contribution in [0.1, 0.15) is 31.4 Å². The van der Waals surface area contributed by atoms with Gasteiger partial charge in [0.2, 0.25) is 5.91 Å². The maximum absolute atomic E-state index is 13.3. The Morgan fingerprint density at radius 3 is 2.38 bits per heavy atom. The Bertz CT molecular complexity index is 937. The summed E-state index contributed by atoms with van der Waals surface area (Å²) in [6, 6.07) is 18.4. The molecule has 3 rings (SSSR count). The van der Waals surface area contributed by atoms with Gasteiger partial charge in [-0.1, -0.05) is 44.2 Å². The van der Waals surface area contributed by atoms with Crippen LogP contribution in [0.25, 0.3) is 0 Å². The van der Waals surface area contributed by atoms with Gasteiger partial charge in [-0.25, -0.2) is 4.79 Å². The lowest BCUT2D eigenvalue weighted by Gasteiger charge is -2.29. The molecule has 168 valence electrons. The molecule has 1 aliphatic heterocycles. The van der Waals surface area contributed by atoms with Gasteiger partial charge in [0.1, 0.15) is 6.04 Å². The number of nitrogens with one attached hydrogen (secondary N) is 2. The average Bonchev–Trinajstić information content (AvgIpc) is 3.08. The molecule has 0 saturated carbocycles. The van der Waals surface area contributed by atoms with E-state index in [1.807, 2.05) is 73.3 Å². The Labute approximate surface area is 190 Å². The van der Waals surface area contributed by atoms with E-state index in [2.05, 4.69) is 21.6 Å². The summed E-state index contributed by atoms with van der Waals surface area (Å²) in [4.78, 5) is 29.8. The van der Waals surface area contributed by atoms with Crippen LogP contribution >= 0.6 is 0 Å². The zero-order valence-corrected chi connectivity index (χ0v) is 18.8. The summed E-state index contributed by atoms with van der Waals surface area (Å²) < 4.78 is 0. The van der Waals surface area contributed by atoms with E-state index in [-0.39, 0.29) is 17.9 Å². The molecular weight excluding hydrogens is 402 g/mol. The van der Waals surface area contributed by atoms with Crippen molar-refractivity contribution >= 4 is 17.6 Å². The maximum Gasteiger partial charge on any atom is 0.315 e. The average molecular weight is 434 g/mol. The smallest absolute Gasteiger partial charge is 0.315 e. The standard InChI is InChI=1S/C25H31N5O2/c1-19(2)23(28-25(32)27-18-21-7-4-3-5-8-21)24(31)30-14-6-13-29(15-16-30)22-11-9-20(17-26)10-12-22/h3-5,7-12,19,23H,6,13-16,18H2,1-2H3,(H2,27,28,32). The number of hydrogen-bond donors (Lipinski definition) is 2. The van der Waals surface area contributed by atoms with Crippen molar-refractivity contribution in [3.05, 3.63) is 65.7 Å². The Kier molecular flexibility index (Phi) is 8.09. The number of carbonyl (C=O) groups is 2. The van der Waals surface area contributed by atoms with Crippen LogP contribution in [0.4, 0.5) is 10.5 Å². The molecule has 2 aromatic carbocycles. The molecule has 32 heavy (non-hydrogen) atoms. The normalized spacial score (nSPS) is 14.9. The highest BCUT2D eigenvalue weighted by atomic mass is 16.2. The highest BCUT2D eigenvalue weighted by Gasteiger charge is 2.29. The number of urea groups is 1. The largest absolute Gasteiger partial charge is 0.370 e. The first-order valence-electron chi connectivity index (χ1n) is 11.1. The van der Waals surface area contributed by atoms with Gasteiger partial charge in [-0.2, -0.15) is 5.26 Å². The monoisotopic (exact) mass is 433 g/mol. The van der Waals surface area contributed by atoms with E-state index in [0.29, 0.717) is 31.7 Å². The fourth-order valence-corrected chi connectivity index (χ4v) is 3.82. The molecule has 0 aliphatic carbocycles. The molecule has 1 atom stereocenters. The molecule has 1 heterocycles. The van der Waals surface area contributed by atoms with Crippen molar-refractivity contribution in [2.45, 2.75) is 32.9 Å². The second-order valence-electron chi connectivity index (χ2n) is 8.36. The van der Waals surface area contributed by atoms with E-state index < -0.39 is 6.04 Å². The van der Waals surface area contributed by atoms with Crippen LogP contribution in [-0.4, -0.2) is 49.1 Å². The predicted octanol–water partition coefficient (Wildman–Crippen LogP) is 3.12. The molecular formula is C25H31N5O2. The number of nitriles is 1. The molecule has 7 nitrogen and oxygen atoms in total. The Hall–Kier alpha value is -3.53. The summed E-state index contributed by atoms with van der Waals surface area (Å²) in [6.07, 6.45) is 0.844. The number of anilines is 1. The Morgan fingerprint density at radius 1 is 1.00 bits per heavy atom. The fraction of sp³-hybridized carbons (Fsp3) is 0.400. The number of nitrogens with zero attached hydrogens (tertiary/aromatic N) is 3. The second-order valence-corrected chi connectivity index (χ2v) is 8.36. The van der Waals surface area contributed by atoms with Crippen molar-refractivity contribution in [1.82, 2.24) is 15.5 Å². The maximum atomic E-state index is 13.3. The number of benzene rings is 2. The highest BCUT2D eigenvalue weighted by Crippen LogP contribution is 2.18. The molecule has 2 N–H and O–H groups in total. The topological polar surface area (TPSA) is 88.5 Å². The van der Waals surface area contributed by atoms with Crippen molar-refractivity contribution in [1.29, 1.82) is 5.26 Å². The first-order valence-corrected chi connectivity index (χ1v) is 11.1. The highest BCUT2D eigenvalue weighted by molar-refractivity contribution is 5.87. The van der Waals surface area contributed by atoms with Crippen LogP contribution in [0.2, 0.25) is 0 Å². The van der Waals surface area contributed by atoms with E-state index in [9.17, 15) is 9.59 Å². The second kappa shape index (κ2) is 11.2. The summed E-state index contributed by atoms with van der Waals surface area (Å²) in [7, 11) is 0. The zero-order valence-electron chi connectivity index (χ0n) is 18.8. The van der Waals surface area contributed by atoms with Crippen LogP contribution in [0.5, 0.6) is 0 Å². The van der Waals surface area contributed by atoms with Crippen LogP contribution in [0.15, 0.2) is 54.6 Å². The number of carbonyl (C=O) groups excluding carboxylic acids is 2. The zero-order chi connectivity index (χ0) is 22.9. The molecule has 0 spiro atoms.